The smallest absolute Gasteiger partial charge is 0.259 e. The van der Waals surface area contributed by atoms with Gasteiger partial charge in [0.25, 0.3) is 5.91 Å². The molecule has 0 atom stereocenters. The molecule has 2 N–H and O–H groups in total. The van der Waals surface area contributed by atoms with E-state index in [1.807, 2.05) is 6.92 Å². The minimum absolute atomic E-state index is 0.177. The molecule has 2 aromatic rings. The summed E-state index contributed by atoms with van der Waals surface area (Å²) in [5.74, 6) is 0.157. The molecule has 17 heavy (non-hydrogen) atoms. The molecule has 0 unspecified atom stereocenters. The summed E-state index contributed by atoms with van der Waals surface area (Å²) >= 11 is 5.82. The summed E-state index contributed by atoms with van der Waals surface area (Å²) in [4.78, 5) is 15.7. The minimum Gasteiger partial charge on any atom is -0.305 e. The van der Waals surface area contributed by atoms with Crippen LogP contribution in [0.4, 0.5) is 5.82 Å². The normalized spacial score (nSPS) is 10.2. The Morgan fingerprint density at radius 1 is 1.59 bits per heavy atom. The summed E-state index contributed by atoms with van der Waals surface area (Å²) in [7, 11) is 0. The van der Waals surface area contributed by atoms with E-state index in [4.69, 9.17) is 11.6 Å². The van der Waals surface area contributed by atoms with Crippen molar-refractivity contribution in [1.82, 2.24) is 15.2 Å². The summed E-state index contributed by atoms with van der Waals surface area (Å²) in [6.07, 6.45) is 2.36. The van der Waals surface area contributed by atoms with Crippen molar-refractivity contribution < 1.29 is 4.79 Å². The Bertz CT molecular complexity index is 538. The first-order chi connectivity index (χ1) is 8.20. The van der Waals surface area contributed by atoms with Crippen molar-refractivity contribution in [2.24, 2.45) is 0 Å². The van der Waals surface area contributed by atoms with Crippen LogP contribution in [0.3, 0.4) is 0 Å². The fourth-order valence-corrected chi connectivity index (χ4v) is 1.55. The molecule has 0 aromatic carbocycles. The number of amides is 1. The number of nitrogens with one attached hydrogen (secondary N) is 2. The maximum atomic E-state index is 11.8. The van der Waals surface area contributed by atoms with Gasteiger partial charge in [-0.3, -0.25) is 9.89 Å². The van der Waals surface area contributed by atoms with Crippen molar-refractivity contribution in [1.29, 1.82) is 0 Å². The largest absolute Gasteiger partial charge is 0.305 e. The number of anilines is 1. The molecule has 6 heteroatoms. The third-order valence-corrected chi connectivity index (χ3v) is 2.56. The molecular weight excluding hydrogens is 240 g/mol. The number of hydrogen-bond acceptors (Lipinski definition) is 3. The summed E-state index contributed by atoms with van der Waals surface area (Å²) in [5, 5.41) is 9.60. The molecule has 0 aliphatic heterocycles. The lowest BCUT2D eigenvalue weighted by Crippen LogP contribution is -2.13. The number of halogens is 1. The van der Waals surface area contributed by atoms with Gasteiger partial charge < -0.3 is 5.32 Å². The zero-order chi connectivity index (χ0) is 12.3. The predicted octanol–water partition coefficient (Wildman–Crippen LogP) is 2.27. The van der Waals surface area contributed by atoms with Crippen molar-refractivity contribution in [3.05, 3.63) is 40.8 Å². The van der Waals surface area contributed by atoms with E-state index >= 15 is 0 Å². The van der Waals surface area contributed by atoms with Gasteiger partial charge in [-0.1, -0.05) is 18.5 Å². The van der Waals surface area contributed by atoms with Crippen molar-refractivity contribution in [3.63, 3.8) is 0 Å². The Hall–Kier alpha value is -1.88. The number of carbonyl (C=O) groups is 1. The molecule has 88 valence electrons. The Morgan fingerprint density at radius 3 is 3.06 bits per heavy atom. The molecule has 0 radical (unpaired) electrons. The molecule has 2 heterocycles. The average Bonchev–Trinajstić information content (AvgIpc) is 2.77. The summed E-state index contributed by atoms with van der Waals surface area (Å²) < 4.78 is 0. The number of nitrogens with zero attached hydrogens (tertiary/aromatic N) is 2. The average molecular weight is 251 g/mol. The van der Waals surface area contributed by atoms with E-state index in [1.165, 1.54) is 6.20 Å². The number of rotatable bonds is 3. The van der Waals surface area contributed by atoms with Gasteiger partial charge in [-0.05, 0) is 18.6 Å². The molecular formula is C11H11ClN4O. The molecule has 5 nitrogen and oxygen atoms in total. The highest BCUT2D eigenvalue weighted by Crippen LogP contribution is 2.14. The lowest BCUT2D eigenvalue weighted by atomic mass is 10.2. The van der Waals surface area contributed by atoms with Crippen LogP contribution in [-0.2, 0) is 6.42 Å². The third-order valence-electron chi connectivity index (χ3n) is 2.26. The zero-order valence-corrected chi connectivity index (χ0v) is 9.95. The topological polar surface area (TPSA) is 70.7 Å². The summed E-state index contributed by atoms with van der Waals surface area (Å²) in [6.45, 7) is 2.00. The SMILES string of the molecule is CCc1cc(NC(=O)c2cccnc2Cl)n[nH]1. The fraction of sp³-hybridized carbons (Fsp3) is 0.182. The number of H-pyrrole nitrogens is 1. The predicted molar refractivity (Wildman–Crippen MR) is 65.2 cm³/mol. The highest BCUT2D eigenvalue weighted by atomic mass is 35.5. The van der Waals surface area contributed by atoms with Gasteiger partial charge >= 0.3 is 0 Å². The quantitative estimate of drug-likeness (QED) is 0.821. The maximum Gasteiger partial charge on any atom is 0.259 e. The molecule has 0 fully saturated rings. The van der Waals surface area contributed by atoms with Crippen LogP contribution in [0.1, 0.15) is 23.0 Å². The molecule has 1 amide bonds. The van der Waals surface area contributed by atoms with Crippen LogP contribution in [0, 0.1) is 0 Å². The molecule has 0 spiro atoms. The Kier molecular flexibility index (Phi) is 3.39. The van der Waals surface area contributed by atoms with Gasteiger partial charge in [0, 0.05) is 18.0 Å². The number of aryl methyl sites for hydroxylation is 1. The number of carbonyl (C=O) groups excluding carboxylic acids is 1. The number of pyridine rings is 1. The van der Waals surface area contributed by atoms with E-state index in [1.54, 1.807) is 18.2 Å². The number of aromatic amines is 1. The van der Waals surface area contributed by atoms with Crippen LogP contribution in [0.25, 0.3) is 0 Å². The first-order valence-corrected chi connectivity index (χ1v) is 5.54. The monoisotopic (exact) mass is 250 g/mol. The van der Waals surface area contributed by atoms with Gasteiger partial charge in [0.15, 0.2) is 5.82 Å². The van der Waals surface area contributed by atoms with E-state index in [2.05, 4.69) is 20.5 Å². The highest BCUT2D eigenvalue weighted by molar-refractivity contribution is 6.33. The van der Waals surface area contributed by atoms with Crippen molar-refractivity contribution >= 4 is 23.3 Å². The highest BCUT2D eigenvalue weighted by Gasteiger charge is 2.12. The van der Waals surface area contributed by atoms with Gasteiger partial charge in [0.2, 0.25) is 0 Å². The molecule has 0 bridgehead atoms. The van der Waals surface area contributed by atoms with Crippen molar-refractivity contribution in [2.45, 2.75) is 13.3 Å². The number of hydrogen-bond donors (Lipinski definition) is 2. The van der Waals surface area contributed by atoms with Crippen LogP contribution in [-0.4, -0.2) is 21.1 Å². The van der Waals surface area contributed by atoms with E-state index < -0.39 is 0 Å². The van der Waals surface area contributed by atoms with Crippen LogP contribution < -0.4 is 5.32 Å². The van der Waals surface area contributed by atoms with Crippen LogP contribution in [0.15, 0.2) is 24.4 Å². The Balaban J connectivity index is 2.14. The Labute approximate surface area is 103 Å². The number of aromatic nitrogens is 3. The van der Waals surface area contributed by atoms with Crippen LogP contribution in [0.2, 0.25) is 5.15 Å². The van der Waals surface area contributed by atoms with Gasteiger partial charge in [-0.25, -0.2) is 4.98 Å². The summed E-state index contributed by atoms with van der Waals surface area (Å²) in [5.41, 5.74) is 1.28. The van der Waals surface area contributed by atoms with E-state index in [-0.39, 0.29) is 11.1 Å². The van der Waals surface area contributed by atoms with Crippen molar-refractivity contribution in [2.75, 3.05) is 5.32 Å². The summed E-state index contributed by atoms with van der Waals surface area (Å²) in [6, 6.07) is 5.04. The third kappa shape index (κ3) is 2.62. The van der Waals surface area contributed by atoms with Gasteiger partial charge in [0.05, 0.1) is 5.56 Å². The van der Waals surface area contributed by atoms with E-state index in [9.17, 15) is 4.79 Å². The lowest BCUT2D eigenvalue weighted by molar-refractivity contribution is 0.102. The molecule has 0 saturated heterocycles. The second-order valence-electron chi connectivity index (χ2n) is 3.43. The molecule has 0 saturated carbocycles. The van der Waals surface area contributed by atoms with Gasteiger partial charge in [-0.2, -0.15) is 5.10 Å². The zero-order valence-electron chi connectivity index (χ0n) is 9.20. The standard InChI is InChI=1S/C11H11ClN4O/c1-2-7-6-9(16-15-7)14-11(17)8-4-3-5-13-10(8)12/h3-6H,2H2,1H3,(H2,14,15,16,17). The van der Waals surface area contributed by atoms with Gasteiger partial charge in [0.1, 0.15) is 5.15 Å². The molecule has 0 aliphatic carbocycles. The Morgan fingerprint density at radius 2 is 2.41 bits per heavy atom. The van der Waals surface area contributed by atoms with Crippen molar-refractivity contribution in [3.8, 4) is 0 Å². The van der Waals surface area contributed by atoms with E-state index in [0.717, 1.165) is 12.1 Å². The maximum absolute atomic E-state index is 11.8. The molecule has 0 aliphatic rings. The second-order valence-corrected chi connectivity index (χ2v) is 3.79. The molecule has 2 aromatic heterocycles. The van der Waals surface area contributed by atoms with E-state index in [0.29, 0.717) is 11.4 Å². The second kappa shape index (κ2) is 4.97. The first kappa shape index (κ1) is 11.6. The van der Waals surface area contributed by atoms with Crippen LogP contribution in [0.5, 0.6) is 0 Å². The fourth-order valence-electron chi connectivity index (χ4n) is 1.35. The minimum atomic E-state index is -0.322. The van der Waals surface area contributed by atoms with Gasteiger partial charge in [-0.15, -0.1) is 0 Å². The first-order valence-electron chi connectivity index (χ1n) is 5.17. The van der Waals surface area contributed by atoms with Crippen LogP contribution >= 0.6 is 11.6 Å². The lowest BCUT2D eigenvalue weighted by Gasteiger charge is -2.02. The molecule has 2 rings (SSSR count).